The number of hydrogen-bond acceptors (Lipinski definition) is 3. The molecule has 1 N–H and O–H groups in total. The van der Waals surface area contributed by atoms with Crippen LogP contribution in [0.1, 0.15) is 13.3 Å². The molecule has 0 aromatic carbocycles. The Morgan fingerprint density at radius 1 is 1.62 bits per heavy atom. The first-order valence-electron chi connectivity index (χ1n) is 4.44. The Balaban J connectivity index is 2.59. The zero-order chi connectivity index (χ0) is 10.1. The molecule has 13 heavy (non-hydrogen) atoms. The van der Waals surface area contributed by atoms with Crippen LogP contribution in [0.25, 0.3) is 0 Å². The van der Waals surface area contributed by atoms with E-state index in [0.717, 1.165) is 0 Å². The Morgan fingerprint density at radius 3 is 2.62 bits per heavy atom. The largest absolute Gasteiger partial charge is 0.312 e. The molecule has 78 valence electrons. The summed E-state index contributed by atoms with van der Waals surface area (Å²) in [4.78, 5) is 1.69. The van der Waals surface area contributed by atoms with E-state index in [1.54, 1.807) is 11.9 Å². The van der Waals surface area contributed by atoms with Gasteiger partial charge in [-0.1, -0.05) is 0 Å². The summed E-state index contributed by atoms with van der Waals surface area (Å²) in [6.45, 7) is 2.31. The standard InChI is InChI=1S/C8H16F2N2S/c1-6(13)12-4-3-7(11-2)8(9,10)5-12/h6-7,11,13H,3-5H2,1-2H3/t6?,7-/m0/s1. The third-order valence-electron chi connectivity index (χ3n) is 2.51. The van der Waals surface area contributed by atoms with Gasteiger partial charge in [0, 0.05) is 6.54 Å². The molecule has 0 spiro atoms. The highest BCUT2D eigenvalue weighted by molar-refractivity contribution is 7.80. The summed E-state index contributed by atoms with van der Waals surface area (Å²) in [5, 5.41) is 2.56. The van der Waals surface area contributed by atoms with Crippen LogP contribution in [0.3, 0.4) is 0 Å². The maximum absolute atomic E-state index is 13.3. The number of halogens is 2. The lowest BCUT2D eigenvalue weighted by Crippen LogP contribution is -2.57. The van der Waals surface area contributed by atoms with Crippen molar-refractivity contribution in [3.8, 4) is 0 Å². The van der Waals surface area contributed by atoms with Crippen molar-refractivity contribution < 1.29 is 8.78 Å². The van der Waals surface area contributed by atoms with Crippen molar-refractivity contribution in [2.75, 3.05) is 20.1 Å². The van der Waals surface area contributed by atoms with E-state index < -0.39 is 12.0 Å². The van der Waals surface area contributed by atoms with E-state index in [9.17, 15) is 8.78 Å². The van der Waals surface area contributed by atoms with Gasteiger partial charge < -0.3 is 5.32 Å². The molecular formula is C8H16F2N2S. The van der Waals surface area contributed by atoms with E-state index in [2.05, 4.69) is 17.9 Å². The molecule has 1 fully saturated rings. The van der Waals surface area contributed by atoms with Crippen LogP contribution < -0.4 is 5.32 Å². The zero-order valence-corrected chi connectivity index (χ0v) is 8.82. The molecule has 1 heterocycles. The Kier molecular flexibility index (Phi) is 3.54. The van der Waals surface area contributed by atoms with E-state index >= 15 is 0 Å². The van der Waals surface area contributed by atoms with Gasteiger partial charge in [-0.2, -0.15) is 12.6 Å². The lowest BCUT2D eigenvalue weighted by molar-refractivity contribution is -0.0895. The monoisotopic (exact) mass is 210 g/mol. The lowest BCUT2D eigenvalue weighted by Gasteiger charge is -2.39. The molecule has 5 heteroatoms. The molecule has 0 bridgehead atoms. The smallest absolute Gasteiger partial charge is 0.275 e. The molecule has 0 radical (unpaired) electrons. The number of hydrogen-bond donors (Lipinski definition) is 2. The van der Waals surface area contributed by atoms with E-state index in [0.29, 0.717) is 13.0 Å². The summed E-state index contributed by atoms with van der Waals surface area (Å²) in [6.07, 6.45) is 0.481. The quantitative estimate of drug-likeness (QED) is 0.666. The van der Waals surface area contributed by atoms with Crippen LogP contribution in [-0.2, 0) is 0 Å². The minimum atomic E-state index is -2.63. The molecule has 0 aliphatic carbocycles. The Morgan fingerprint density at radius 2 is 2.23 bits per heavy atom. The summed E-state index contributed by atoms with van der Waals surface area (Å²) in [5.74, 6) is -2.63. The molecule has 1 saturated heterocycles. The molecule has 1 aliphatic heterocycles. The number of thiol groups is 1. The minimum Gasteiger partial charge on any atom is -0.312 e. The van der Waals surface area contributed by atoms with Crippen LogP contribution in [0, 0.1) is 0 Å². The number of nitrogens with zero attached hydrogens (tertiary/aromatic N) is 1. The van der Waals surface area contributed by atoms with Crippen LogP contribution in [-0.4, -0.2) is 42.4 Å². The summed E-state index contributed by atoms with van der Waals surface area (Å²) in [5.41, 5.74) is 0. The molecule has 2 nitrogen and oxygen atoms in total. The molecule has 0 amide bonds. The van der Waals surface area contributed by atoms with E-state index in [1.165, 1.54) is 0 Å². The van der Waals surface area contributed by atoms with Crippen LogP contribution in [0.4, 0.5) is 8.78 Å². The third kappa shape index (κ3) is 2.54. The second kappa shape index (κ2) is 4.11. The SMILES string of the molecule is CN[C@H]1CCN(C(C)S)CC1(F)F. The highest BCUT2D eigenvalue weighted by atomic mass is 32.1. The minimum absolute atomic E-state index is 0.0938. The number of likely N-dealkylation sites (tertiary alicyclic amines) is 1. The van der Waals surface area contributed by atoms with Gasteiger partial charge >= 0.3 is 0 Å². The van der Waals surface area contributed by atoms with Gasteiger partial charge in [0.25, 0.3) is 5.92 Å². The molecular weight excluding hydrogens is 194 g/mol. The van der Waals surface area contributed by atoms with Crippen LogP contribution in [0.2, 0.25) is 0 Å². The summed E-state index contributed by atoms with van der Waals surface area (Å²) in [7, 11) is 1.58. The first-order chi connectivity index (χ1) is 5.97. The topological polar surface area (TPSA) is 15.3 Å². The molecule has 0 aromatic rings. The van der Waals surface area contributed by atoms with Gasteiger partial charge in [-0.3, -0.25) is 4.90 Å². The van der Waals surface area contributed by atoms with Crippen molar-refractivity contribution in [2.24, 2.45) is 0 Å². The number of rotatable bonds is 2. The molecule has 0 saturated carbocycles. The van der Waals surface area contributed by atoms with Crippen molar-refractivity contribution in [1.29, 1.82) is 0 Å². The average molecular weight is 210 g/mol. The molecule has 1 unspecified atom stereocenters. The summed E-state index contributed by atoms with van der Waals surface area (Å²) < 4.78 is 26.7. The predicted octanol–water partition coefficient (Wildman–Crippen LogP) is 1.19. The van der Waals surface area contributed by atoms with Gasteiger partial charge in [-0.05, 0) is 20.4 Å². The second-order valence-corrected chi connectivity index (χ2v) is 4.24. The normalized spacial score (nSPS) is 31.6. The fourth-order valence-electron chi connectivity index (χ4n) is 1.64. The van der Waals surface area contributed by atoms with E-state index in [4.69, 9.17) is 0 Å². The van der Waals surface area contributed by atoms with Gasteiger partial charge in [-0.15, -0.1) is 0 Å². The third-order valence-corrected chi connectivity index (χ3v) is 2.83. The highest BCUT2D eigenvalue weighted by Gasteiger charge is 2.44. The predicted molar refractivity (Wildman–Crippen MR) is 52.4 cm³/mol. The first-order valence-corrected chi connectivity index (χ1v) is 4.96. The first kappa shape index (κ1) is 11.2. The van der Waals surface area contributed by atoms with Crippen molar-refractivity contribution in [2.45, 2.75) is 30.7 Å². The Bertz CT molecular complexity index is 176. The van der Waals surface area contributed by atoms with E-state index in [1.807, 2.05) is 6.92 Å². The molecule has 1 aliphatic rings. The number of nitrogens with one attached hydrogen (secondary N) is 1. The maximum Gasteiger partial charge on any atom is 0.275 e. The molecule has 0 aromatic heterocycles. The van der Waals surface area contributed by atoms with Gasteiger partial charge in [-0.25, -0.2) is 8.78 Å². The second-order valence-electron chi connectivity index (χ2n) is 3.49. The van der Waals surface area contributed by atoms with Crippen LogP contribution in [0.15, 0.2) is 0 Å². The van der Waals surface area contributed by atoms with Gasteiger partial charge in [0.05, 0.1) is 18.0 Å². The Labute approximate surface area is 83.1 Å². The van der Waals surface area contributed by atoms with Crippen molar-refractivity contribution >= 4 is 12.6 Å². The lowest BCUT2D eigenvalue weighted by atomic mass is 10.0. The van der Waals surface area contributed by atoms with Crippen molar-refractivity contribution in [3.05, 3.63) is 0 Å². The zero-order valence-electron chi connectivity index (χ0n) is 7.93. The van der Waals surface area contributed by atoms with Gasteiger partial charge in [0.15, 0.2) is 0 Å². The fraction of sp³-hybridized carbons (Fsp3) is 1.00. The van der Waals surface area contributed by atoms with Gasteiger partial charge in [0.2, 0.25) is 0 Å². The molecule has 2 atom stereocenters. The van der Waals surface area contributed by atoms with Crippen molar-refractivity contribution in [1.82, 2.24) is 10.2 Å². The van der Waals surface area contributed by atoms with Gasteiger partial charge in [0.1, 0.15) is 0 Å². The summed E-state index contributed by atoms with van der Waals surface area (Å²) >= 11 is 4.15. The Hall–Kier alpha value is 0.130. The maximum atomic E-state index is 13.3. The fourth-order valence-corrected chi connectivity index (χ4v) is 1.84. The summed E-state index contributed by atoms with van der Waals surface area (Å²) in [6, 6.07) is -0.684. The number of alkyl halides is 2. The van der Waals surface area contributed by atoms with Crippen molar-refractivity contribution in [3.63, 3.8) is 0 Å². The average Bonchev–Trinajstić information content (AvgIpc) is 2.02. The van der Waals surface area contributed by atoms with Crippen LogP contribution >= 0.6 is 12.6 Å². The number of piperidine rings is 1. The molecule has 1 rings (SSSR count). The van der Waals surface area contributed by atoms with Crippen LogP contribution in [0.5, 0.6) is 0 Å². The van der Waals surface area contributed by atoms with E-state index in [-0.39, 0.29) is 11.9 Å². The highest BCUT2D eigenvalue weighted by Crippen LogP contribution is 2.28.